The maximum Gasteiger partial charge on any atom is 0.219 e. The number of hydrogen-bond donors (Lipinski definition) is 1. The third kappa shape index (κ3) is 3.44. The highest BCUT2D eigenvalue weighted by Gasteiger charge is 2.28. The van der Waals surface area contributed by atoms with Gasteiger partial charge in [-0.05, 0) is 23.3 Å². The molecule has 2 rings (SSSR count). The molecule has 0 radical (unpaired) electrons. The number of aromatic nitrogens is 1. The monoisotopic (exact) mass is 288 g/mol. The number of nitrogens with zero attached hydrogens (tertiary/aromatic N) is 2. The van der Waals surface area contributed by atoms with E-state index in [4.69, 9.17) is 0 Å². The molecule has 0 saturated heterocycles. The lowest BCUT2D eigenvalue weighted by Crippen LogP contribution is -2.33. The summed E-state index contributed by atoms with van der Waals surface area (Å²) in [4.78, 5) is 16.6. The maximum absolute atomic E-state index is 13.4. The molecule has 1 N–H and O–H groups in total. The molecule has 1 aromatic carbocycles. The predicted octanol–water partition coefficient (Wildman–Crippen LogP) is 2.47. The van der Waals surface area contributed by atoms with Crippen LogP contribution in [0.15, 0.2) is 48.7 Å². The van der Waals surface area contributed by atoms with E-state index in [-0.39, 0.29) is 5.91 Å². The van der Waals surface area contributed by atoms with Gasteiger partial charge in [-0.3, -0.25) is 4.79 Å². The number of aliphatic hydroxyl groups is 1. The summed E-state index contributed by atoms with van der Waals surface area (Å²) in [7, 11) is 1.58. The van der Waals surface area contributed by atoms with Crippen molar-refractivity contribution in [2.75, 3.05) is 7.05 Å². The van der Waals surface area contributed by atoms with Crippen LogP contribution in [-0.2, 0) is 4.79 Å². The molecule has 1 amide bonds. The Bertz CT molecular complexity index is 619. The van der Waals surface area contributed by atoms with E-state index in [1.165, 1.54) is 24.1 Å². The Hall–Kier alpha value is -2.27. The Morgan fingerprint density at radius 3 is 2.48 bits per heavy atom. The Balaban J connectivity index is 2.44. The molecule has 110 valence electrons. The average Bonchev–Trinajstić information content (AvgIpc) is 2.48. The number of aliphatic hydroxyl groups excluding tert-OH is 1. The molecule has 1 heterocycles. The van der Waals surface area contributed by atoms with E-state index in [1.807, 2.05) is 6.07 Å². The summed E-state index contributed by atoms with van der Waals surface area (Å²) in [5, 5.41) is 10.6. The van der Waals surface area contributed by atoms with E-state index in [0.29, 0.717) is 11.1 Å². The lowest BCUT2D eigenvalue weighted by molar-refractivity contribution is -0.132. The zero-order chi connectivity index (χ0) is 15.4. The van der Waals surface area contributed by atoms with E-state index in [2.05, 4.69) is 4.98 Å². The molecule has 0 aliphatic rings. The number of amides is 1. The van der Waals surface area contributed by atoms with Crippen molar-refractivity contribution in [2.24, 2.45) is 0 Å². The number of carbonyl (C=O) groups is 1. The summed E-state index contributed by atoms with van der Waals surface area (Å²) in [6.07, 6.45) is 0.366. The Kier molecular flexibility index (Phi) is 4.65. The molecule has 0 spiro atoms. The minimum atomic E-state index is -0.957. The van der Waals surface area contributed by atoms with Crippen LogP contribution < -0.4 is 0 Å². The third-order valence-corrected chi connectivity index (χ3v) is 3.45. The number of rotatable bonds is 4. The van der Waals surface area contributed by atoms with Crippen LogP contribution in [0.5, 0.6) is 0 Å². The highest BCUT2D eigenvalue weighted by molar-refractivity contribution is 5.73. The molecular formula is C16H17FN2O2. The van der Waals surface area contributed by atoms with Crippen molar-refractivity contribution in [1.82, 2.24) is 9.88 Å². The molecule has 2 unspecified atom stereocenters. The molecule has 0 saturated carbocycles. The van der Waals surface area contributed by atoms with Crippen molar-refractivity contribution in [3.63, 3.8) is 0 Å². The summed E-state index contributed by atoms with van der Waals surface area (Å²) >= 11 is 0. The van der Waals surface area contributed by atoms with Crippen molar-refractivity contribution in [3.8, 4) is 0 Å². The van der Waals surface area contributed by atoms with Gasteiger partial charge in [0.25, 0.3) is 0 Å². The second-order valence-electron chi connectivity index (χ2n) is 4.84. The molecule has 2 aromatic rings. The van der Waals surface area contributed by atoms with Gasteiger partial charge in [0.1, 0.15) is 6.10 Å². The van der Waals surface area contributed by atoms with Crippen molar-refractivity contribution in [1.29, 1.82) is 0 Å². The van der Waals surface area contributed by atoms with Crippen LogP contribution in [0.2, 0.25) is 0 Å². The van der Waals surface area contributed by atoms with Gasteiger partial charge < -0.3 is 10.0 Å². The number of likely N-dealkylation sites (N-methyl/N-ethyl adjacent to an activating group) is 1. The topological polar surface area (TPSA) is 53.4 Å². The highest BCUT2D eigenvalue weighted by atomic mass is 19.1. The number of benzene rings is 1. The van der Waals surface area contributed by atoms with Gasteiger partial charge >= 0.3 is 0 Å². The van der Waals surface area contributed by atoms with Gasteiger partial charge in [-0.25, -0.2) is 4.98 Å². The van der Waals surface area contributed by atoms with Crippen LogP contribution in [0.25, 0.3) is 0 Å². The second-order valence-corrected chi connectivity index (χ2v) is 4.84. The lowest BCUT2D eigenvalue weighted by Gasteiger charge is -2.32. The van der Waals surface area contributed by atoms with E-state index < -0.39 is 18.1 Å². The first-order chi connectivity index (χ1) is 10.0. The van der Waals surface area contributed by atoms with E-state index in [1.54, 1.807) is 37.4 Å². The van der Waals surface area contributed by atoms with Gasteiger partial charge in [0.2, 0.25) is 11.9 Å². The summed E-state index contributed by atoms with van der Waals surface area (Å²) in [5.74, 6) is -0.859. The fraction of sp³-hybridized carbons (Fsp3) is 0.250. The van der Waals surface area contributed by atoms with Gasteiger partial charge in [0.15, 0.2) is 0 Å². The lowest BCUT2D eigenvalue weighted by atomic mass is 9.95. The van der Waals surface area contributed by atoms with Crippen molar-refractivity contribution in [3.05, 3.63) is 65.7 Å². The maximum atomic E-state index is 13.4. The van der Waals surface area contributed by atoms with Crippen LogP contribution in [-0.4, -0.2) is 27.9 Å². The standard InChI is InChI=1S/C16H17FN2O2/c1-11(20)19(2)15(13-8-9-18-14(17)10-13)16(21)12-6-4-3-5-7-12/h3-10,15-16,21H,1-2H3. The first kappa shape index (κ1) is 15.1. The van der Waals surface area contributed by atoms with Gasteiger partial charge in [0, 0.05) is 20.2 Å². The first-order valence-electron chi connectivity index (χ1n) is 6.58. The predicted molar refractivity (Wildman–Crippen MR) is 76.8 cm³/mol. The normalized spacial score (nSPS) is 13.5. The first-order valence-corrected chi connectivity index (χ1v) is 6.58. The molecule has 1 aromatic heterocycles. The minimum absolute atomic E-state index is 0.216. The molecule has 2 atom stereocenters. The van der Waals surface area contributed by atoms with E-state index in [0.717, 1.165) is 0 Å². The molecular weight excluding hydrogens is 271 g/mol. The smallest absolute Gasteiger partial charge is 0.219 e. The van der Waals surface area contributed by atoms with Crippen LogP contribution in [0.3, 0.4) is 0 Å². The molecule has 0 aliphatic carbocycles. The fourth-order valence-electron chi connectivity index (χ4n) is 2.25. The van der Waals surface area contributed by atoms with Crippen molar-refractivity contribution >= 4 is 5.91 Å². The van der Waals surface area contributed by atoms with Crippen LogP contribution >= 0.6 is 0 Å². The van der Waals surface area contributed by atoms with Crippen LogP contribution in [0.1, 0.15) is 30.2 Å². The molecule has 0 fully saturated rings. The van der Waals surface area contributed by atoms with Gasteiger partial charge in [-0.1, -0.05) is 30.3 Å². The quantitative estimate of drug-likeness (QED) is 0.879. The summed E-state index contributed by atoms with van der Waals surface area (Å²) in [5.41, 5.74) is 1.16. The van der Waals surface area contributed by atoms with E-state index in [9.17, 15) is 14.3 Å². The van der Waals surface area contributed by atoms with Gasteiger partial charge in [0.05, 0.1) is 6.04 Å². The number of hydrogen-bond acceptors (Lipinski definition) is 3. The summed E-state index contributed by atoms with van der Waals surface area (Å²) in [6.45, 7) is 1.41. The minimum Gasteiger partial charge on any atom is -0.386 e. The molecule has 5 heteroatoms. The molecule has 0 bridgehead atoms. The second kappa shape index (κ2) is 6.45. The van der Waals surface area contributed by atoms with Crippen LogP contribution in [0, 0.1) is 5.95 Å². The Labute approximate surface area is 122 Å². The summed E-state index contributed by atoms with van der Waals surface area (Å²) < 4.78 is 13.4. The number of carbonyl (C=O) groups excluding carboxylic acids is 1. The number of halogens is 1. The Morgan fingerprint density at radius 2 is 1.90 bits per heavy atom. The Morgan fingerprint density at radius 1 is 1.24 bits per heavy atom. The van der Waals surface area contributed by atoms with E-state index >= 15 is 0 Å². The number of pyridine rings is 1. The van der Waals surface area contributed by atoms with Crippen molar-refractivity contribution < 1.29 is 14.3 Å². The third-order valence-electron chi connectivity index (χ3n) is 3.45. The summed E-state index contributed by atoms with van der Waals surface area (Å²) in [6, 6.07) is 11.1. The molecule has 4 nitrogen and oxygen atoms in total. The zero-order valence-corrected chi connectivity index (χ0v) is 11.9. The largest absolute Gasteiger partial charge is 0.386 e. The molecule has 21 heavy (non-hydrogen) atoms. The van der Waals surface area contributed by atoms with Crippen LogP contribution in [0.4, 0.5) is 4.39 Å². The SMILES string of the molecule is CC(=O)N(C)C(c1ccnc(F)c1)C(O)c1ccccc1. The zero-order valence-electron chi connectivity index (χ0n) is 11.9. The van der Waals surface area contributed by atoms with Crippen molar-refractivity contribution in [2.45, 2.75) is 19.1 Å². The average molecular weight is 288 g/mol. The van der Waals surface area contributed by atoms with Gasteiger partial charge in [-0.2, -0.15) is 4.39 Å². The van der Waals surface area contributed by atoms with Gasteiger partial charge in [-0.15, -0.1) is 0 Å². The highest BCUT2D eigenvalue weighted by Crippen LogP contribution is 2.33. The molecule has 0 aliphatic heterocycles. The fourth-order valence-corrected chi connectivity index (χ4v) is 2.25.